The highest BCUT2D eigenvalue weighted by molar-refractivity contribution is 5.85. The lowest BCUT2D eigenvalue weighted by Gasteiger charge is -2.42. The van der Waals surface area contributed by atoms with Crippen molar-refractivity contribution in [1.82, 2.24) is 24.9 Å². The summed E-state index contributed by atoms with van der Waals surface area (Å²) in [6.07, 6.45) is 0. The van der Waals surface area contributed by atoms with Gasteiger partial charge in [-0.1, -0.05) is 206 Å². The van der Waals surface area contributed by atoms with Crippen molar-refractivity contribution in [3.8, 4) is 90.3 Å². The molecule has 0 radical (unpaired) electrons. The van der Waals surface area contributed by atoms with Crippen molar-refractivity contribution in [2.24, 2.45) is 0 Å². The lowest BCUT2D eigenvalue weighted by molar-refractivity contribution is 0.755. The molecule has 0 N–H and O–H groups in total. The maximum absolute atomic E-state index is 7.47. The van der Waals surface area contributed by atoms with Crippen LogP contribution >= 0.6 is 0 Å². The lowest BCUT2D eigenvalue weighted by atomic mass is 9.60. The maximum atomic E-state index is 7.47. The topological polar surface area (TPSA) is 68.8 Å². The standard InChI is InChI=1S/C64H40N6/c1-65-48-32-28-40(29-33-48)49-24-11-12-25-50(49)58-39-57(66-61(67-58)41-16-5-2-6-17-41)46-23-15-22-44(36-46)45-30-34-53-55(37-45)59-51-26-13-14-27-52(51)60(53)56-38-47(31-35-54(56)59)64-69-62(42-18-7-3-8-19-42)68-63(70-64)43-20-9-4-10-21-43/h2-39,59-60H. The van der Waals surface area contributed by atoms with Crippen molar-refractivity contribution in [3.63, 3.8) is 0 Å². The first kappa shape index (κ1) is 40.8. The second-order valence-electron chi connectivity index (χ2n) is 17.8. The van der Waals surface area contributed by atoms with Crippen LogP contribution in [0.4, 0.5) is 5.69 Å². The molecule has 2 unspecified atom stereocenters. The van der Waals surface area contributed by atoms with Gasteiger partial charge in [-0.2, -0.15) is 0 Å². The Balaban J connectivity index is 0.894. The van der Waals surface area contributed by atoms with Crippen LogP contribution in [0.1, 0.15) is 45.2 Å². The summed E-state index contributed by atoms with van der Waals surface area (Å²) in [7, 11) is 0. The molecule has 3 aliphatic carbocycles. The van der Waals surface area contributed by atoms with E-state index >= 15 is 0 Å². The van der Waals surface area contributed by atoms with E-state index in [1.54, 1.807) is 0 Å². The molecule has 0 fully saturated rings. The molecule has 0 saturated carbocycles. The van der Waals surface area contributed by atoms with E-state index in [1.165, 1.54) is 33.4 Å². The summed E-state index contributed by atoms with van der Waals surface area (Å²) in [6.45, 7) is 7.47. The fraction of sp³-hybridized carbons (Fsp3) is 0.0312. The normalized spacial score (nSPS) is 14.0. The molecule has 2 heterocycles. The third kappa shape index (κ3) is 7.16. The van der Waals surface area contributed by atoms with Crippen molar-refractivity contribution < 1.29 is 0 Å². The van der Waals surface area contributed by atoms with E-state index in [0.29, 0.717) is 29.0 Å². The molecular formula is C64H40N6. The van der Waals surface area contributed by atoms with E-state index in [2.05, 4.69) is 120 Å². The third-order valence-corrected chi connectivity index (χ3v) is 13.8. The molecule has 3 aliphatic rings. The summed E-state index contributed by atoms with van der Waals surface area (Å²) in [5, 5.41) is 0. The van der Waals surface area contributed by atoms with Gasteiger partial charge in [0, 0.05) is 45.2 Å². The highest BCUT2D eigenvalue weighted by Gasteiger charge is 2.41. The quantitative estimate of drug-likeness (QED) is 0.142. The van der Waals surface area contributed by atoms with Crippen LogP contribution in [0, 0.1) is 6.57 Å². The Morgan fingerprint density at radius 3 is 1.27 bits per heavy atom. The van der Waals surface area contributed by atoms with E-state index in [9.17, 15) is 0 Å². The molecule has 9 aromatic carbocycles. The molecule has 70 heavy (non-hydrogen) atoms. The number of hydrogen-bond donors (Lipinski definition) is 0. The van der Waals surface area contributed by atoms with Gasteiger partial charge in [0.1, 0.15) is 0 Å². The van der Waals surface area contributed by atoms with Crippen LogP contribution in [0.2, 0.25) is 0 Å². The van der Waals surface area contributed by atoms with Gasteiger partial charge in [0.05, 0.1) is 18.0 Å². The van der Waals surface area contributed by atoms with E-state index in [4.69, 9.17) is 31.5 Å². The van der Waals surface area contributed by atoms with Gasteiger partial charge in [0.15, 0.2) is 29.0 Å². The minimum absolute atomic E-state index is 0.0555. The molecular weight excluding hydrogens is 853 g/mol. The Hall–Kier alpha value is -9.44. The second-order valence-corrected chi connectivity index (χ2v) is 17.8. The Kier molecular flexibility index (Phi) is 9.92. The van der Waals surface area contributed by atoms with Gasteiger partial charge < -0.3 is 0 Å². The smallest absolute Gasteiger partial charge is 0.187 e. The third-order valence-electron chi connectivity index (χ3n) is 13.8. The molecule has 0 amide bonds. The maximum Gasteiger partial charge on any atom is 0.187 e. The number of aromatic nitrogens is 5. The van der Waals surface area contributed by atoms with Crippen LogP contribution in [0.3, 0.4) is 0 Å². The fourth-order valence-corrected chi connectivity index (χ4v) is 10.5. The zero-order chi connectivity index (χ0) is 46.5. The summed E-state index contributed by atoms with van der Waals surface area (Å²) in [5.41, 5.74) is 20.4. The largest absolute Gasteiger partial charge is 0.238 e. The zero-order valence-corrected chi connectivity index (χ0v) is 37.8. The number of hydrogen-bond acceptors (Lipinski definition) is 5. The van der Waals surface area contributed by atoms with Crippen LogP contribution in [-0.2, 0) is 0 Å². The van der Waals surface area contributed by atoms with Gasteiger partial charge in [-0.25, -0.2) is 29.8 Å². The fourth-order valence-electron chi connectivity index (χ4n) is 10.5. The first-order chi connectivity index (χ1) is 34.6. The van der Waals surface area contributed by atoms with Crippen molar-refractivity contribution in [1.29, 1.82) is 0 Å². The van der Waals surface area contributed by atoms with E-state index in [1.807, 2.05) is 115 Å². The van der Waals surface area contributed by atoms with Gasteiger partial charge in [-0.15, -0.1) is 0 Å². The minimum atomic E-state index is 0.0555. The van der Waals surface area contributed by atoms with Crippen molar-refractivity contribution in [2.75, 3.05) is 0 Å². The molecule has 326 valence electrons. The molecule has 0 spiro atoms. The second kappa shape index (κ2) is 17.0. The summed E-state index contributed by atoms with van der Waals surface area (Å²) in [6, 6.07) is 80.2. The summed E-state index contributed by atoms with van der Waals surface area (Å²) in [4.78, 5) is 29.2. The predicted molar refractivity (Wildman–Crippen MR) is 280 cm³/mol. The van der Waals surface area contributed by atoms with Gasteiger partial charge in [0.2, 0.25) is 0 Å². The number of rotatable bonds is 8. The first-order valence-electron chi connectivity index (χ1n) is 23.5. The molecule has 11 aromatic rings. The van der Waals surface area contributed by atoms with E-state index < -0.39 is 0 Å². The molecule has 2 atom stereocenters. The van der Waals surface area contributed by atoms with E-state index in [0.717, 1.165) is 67.0 Å². The number of nitrogens with zero attached hydrogens (tertiary/aromatic N) is 6. The Morgan fingerprint density at radius 1 is 0.271 bits per heavy atom. The lowest BCUT2D eigenvalue weighted by Crippen LogP contribution is -2.27. The average molecular weight is 893 g/mol. The van der Waals surface area contributed by atoms with Gasteiger partial charge >= 0.3 is 0 Å². The molecule has 0 saturated heterocycles. The van der Waals surface area contributed by atoms with Gasteiger partial charge in [-0.3, -0.25) is 0 Å². The van der Waals surface area contributed by atoms with Crippen molar-refractivity contribution in [2.45, 2.75) is 11.8 Å². The van der Waals surface area contributed by atoms with Gasteiger partial charge in [-0.05, 0) is 79.9 Å². The molecule has 6 heteroatoms. The molecule has 14 rings (SSSR count). The van der Waals surface area contributed by atoms with Crippen LogP contribution in [-0.4, -0.2) is 24.9 Å². The summed E-state index contributed by atoms with van der Waals surface area (Å²) < 4.78 is 0. The Labute approximate surface area is 406 Å². The zero-order valence-electron chi connectivity index (χ0n) is 37.8. The van der Waals surface area contributed by atoms with Crippen LogP contribution < -0.4 is 0 Å². The molecule has 6 nitrogen and oxygen atoms in total. The predicted octanol–water partition coefficient (Wildman–Crippen LogP) is 15.5. The van der Waals surface area contributed by atoms with Crippen LogP contribution in [0.5, 0.6) is 0 Å². The van der Waals surface area contributed by atoms with Crippen molar-refractivity contribution in [3.05, 3.63) is 275 Å². The summed E-state index contributed by atoms with van der Waals surface area (Å²) >= 11 is 0. The number of benzene rings is 9. The van der Waals surface area contributed by atoms with Gasteiger partial charge in [0.25, 0.3) is 0 Å². The monoisotopic (exact) mass is 892 g/mol. The first-order valence-corrected chi connectivity index (χ1v) is 23.5. The van der Waals surface area contributed by atoms with Crippen LogP contribution in [0.15, 0.2) is 231 Å². The molecule has 2 bridgehead atoms. The average Bonchev–Trinajstić information content (AvgIpc) is 3.45. The highest BCUT2D eigenvalue weighted by atomic mass is 15.0. The highest BCUT2D eigenvalue weighted by Crippen LogP contribution is 2.56. The Bertz CT molecular complexity index is 3790. The van der Waals surface area contributed by atoms with E-state index in [-0.39, 0.29) is 11.8 Å². The van der Waals surface area contributed by atoms with Crippen LogP contribution in [0.25, 0.3) is 95.2 Å². The van der Waals surface area contributed by atoms with Crippen molar-refractivity contribution >= 4 is 5.69 Å². The SMILES string of the molecule is [C-]#[N+]c1ccc(-c2ccccc2-c2cc(-c3cccc(-c4ccc5c(c4)C4c6ccccc6C5c5cc(-c6nc(-c7ccccc7)nc(-c7ccccc7)n6)ccc54)c3)nc(-c3ccccc3)n2)cc1. The minimum Gasteiger partial charge on any atom is -0.238 e. The molecule has 0 aliphatic heterocycles. The molecule has 2 aromatic heterocycles. The summed E-state index contributed by atoms with van der Waals surface area (Å²) in [5.74, 6) is 2.74. The Morgan fingerprint density at radius 2 is 0.686 bits per heavy atom.